The van der Waals surface area contributed by atoms with Crippen LogP contribution in [0.25, 0.3) is 0 Å². The Morgan fingerprint density at radius 3 is 2.17 bits per heavy atom. The molecule has 2 aromatic carbocycles. The fourth-order valence-electron chi connectivity index (χ4n) is 2.10. The molecule has 0 aromatic heterocycles. The molecule has 0 spiro atoms. The van der Waals surface area contributed by atoms with Gasteiger partial charge in [0.15, 0.2) is 0 Å². The Balaban J connectivity index is 2.22. The van der Waals surface area contributed by atoms with Crippen LogP contribution in [-0.4, -0.2) is 0 Å². The van der Waals surface area contributed by atoms with Crippen molar-refractivity contribution in [1.29, 1.82) is 0 Å². The third-order valence-corrected chi connectivity index (χ3v) is 3.48. The van der Waals surface area contributed by atoms with Crippen LogP contribution >= 0.6 is 11.6 Å². The van der Waals surface area contributed by atoms with E-state index in [1.54, 1.807) is 13.8 Å². The van der Waals surface area contributed by atoms with E-state index in [-0.39, 0.29) is 11.2 Å². The molecule has 0 nitrogen and oxygen atoms in total. The van der Waals surface area contributed by atoms with Gasteiger partial charge >= 0.3 is 0 Å². The topological polar surface area (TPSA) is 0 Å². The summed E-state index contributed by atoms with van der Waals surface area (Å²) in [5.41, 5.74) is 3.49. The van der Waals surface area contributed by atoms with Crippen LogP contribution in [0.4, 0.5) is 4.39 Å². The number of hydrogen-bond donors (Lipinski definition) is 0. The maximum absolute atomic E-state index is 13.6. The van der Waals surface area contributed by atoms with Gasteiger partial charge in [-0.1, -0.05) is 42.5 Å². The highest BCUT2D eigenvalue weighted by molar-refractivity contribution is 6.20. The zero-order valence-corrected chi connectivity index (χ0v) is 11.3. The number of hydrogen-bond acceptors (Lipinski definition) is 0. The van der Waals surface area contributed by atoms with Gasteiger partial charge in [-0.25, -0.2) is 4.39 Å². The van der Waals surface area contributed by atoms with Gasteiger partial charge in [-0.15, -0.1) is 11.6 Å². The lowest BCUT2D eigenvalue weighted by atomic mass is 10.00. The average Bonchev–Trinajstić information content (AvgIpc) is 2.36. The van der Waals surface area contributed by atoms with Gasteiger partial charge in [-0.05, 0) is 42.5 Å². The summed E-state index contributed by atoms with van der Waals surface area (Å²) in [7, 11) is 0. The van der Waals surface area contributed by atoms with Crippen LogP contribution in [0.5, 0.6) is 0 Å². The fourth-order valence-corrected chi connectivity index (χ4v) is 2.40. The molecular weight excluding hydrogens is 247 g/mol. The first-order valence-corrected chi connectivity index (χ1v) is 6.46. The molecule has 0 bridgehead atoms. The minimum atomic E-state index is -0.137. The molecule has 18 heavy (non-hydrogen) atoms. The summed E-state index contributed by atoms with van der Waals surface area (Å²) >= 11 is 6.41. The largest absolute Gasteiger partial charge is 0.206 e. The Morgan fingerprint density at radius 2 is 1.61 bits per heavy atom. The molecule has 0 aliphatic rings. The summed E-state index contributed by atoms with van der Waals surface area (Å²) in [5, 5.41) is -0.120. The van der Waals surface area contributed by atoms with Gasteiger partial charge in [0.25, 0.3) is 0 Å². The Morgan fingerprint density at radius 1 is 1.06 bits per heavy atom. The fraction of sp³-hybridized carbons (Fsp3) is 0.250. The standard InChI is InChI=1S/C16H16ClF/c1-11-8-14(9-12(2)16(11)18)15(17)10-13-6-4-3-5-7-13/h3-9,15H,10H2,1-2H3. The molecule has 1 atom stereocenters. The Hall–Kier alpha value is -1.34. The minimum absolute atomic E-state index is 0.120. The first-order chi connectivity index (χ1) is 8.58. The first-order valence-electron chi connectivity index (χ1n) is 6.02. The van der Waals surface area contributed by atoms with Gasteiger partial charge in [-0.3, -0.25) is 0 Å². The van der Waals surface area contributed by atoms with Crippen LogP contribution in [0, 0.1) is 19.7 Å². The first kappa shape index (κ1) is 13.1. The number of aryl methyl sites for hydroxylation is 2. The second-order valence-corrected chi connectivity index (χ2v) is 5.15. The lowest BCUT2D eigenvalue weighted by Gasteiger charge is -2.12. The second-order valence-electron chi connectivity index (χ2n) is 4.63. The van der Waals surface area contributed by atoms with Crippen LogP contribution in [-0.2, 0) is 6.42 Å². The van der Waals surface area contributed by atoms with Crippen LogP contribution < -0.4 is 0 Å². The number of benzene rings is 2. The average molecular weight is 263 g/mol. The van der Waals surface area contributed by atoms with E-state index in [2.05, 4.69) is 12.1 Å². The van der Waals surface area contributed by atoms with Crippen molar-refractivity contribution in [1.82, 2.24) is 0 Å². The van der Waals surface area contributed by atoms with Gasteiger partial charge in [0, 0.05) is 0 Å². The highest BCUT2D eigenvalue weighted by atomic mass is 35.5. The highest BCUT2D eigenvalue weighted by Crippen LogP contribution is 2.27. The molecule has 1 unspecified atom stereocenters. The van der Waals surface area contributed by atoms with Gasteiger partial charge in [-0.2, -0.15) is 0 Å². The monoisotopic (exact) mass is 262 g/mol. The van der Waals surface area contributed by atoms with E-state index < -0.39 is 0 Å². The van der Waals surface area contributed by atoms with Crippen molar-refractivity contribution >= 4 is 11.6 Å². The van der Waals surface area contributed by atoms with E-state index in [1.807, 2.05) is 30.3 Å². The van der Waals surface area contributed by atoms with Crippen molar-refractivity contribution in [2.75, 3.05) is 0 Å². The lowest BCUT2D eigenvalue weighted by Crippen LogP contribution is -1.99. The van der Waals surface area contributed by atoms with Crippen molar-refractivity contribution in [3.63, 3.8) is 0 Å². The lowest BCUT2D eigenvalue weighted by molar-refractivity contribution is 0.608. The molecule has 2 aromatic rings. The SMILES string of the molecule is Cc1cc(C(Cl)Cc2ccccc2)cc(C)c1F. The van der Waals surface area contributed by atoms with Crippen LogP contribution in [0.2, 0.25) is 0 Å². The molecule has 0 saturated carbocycles. The normalized spacial score (nSPS) is 12.4. The third kappa shape index (κ3) is 2.91. The highest BCUT2D eigenvalue weighted by Gasteiger charge is 2.12. The van der Waals surface area contributed by atoms with E-state index in [4.69, 9.17) is 11.6 Å². The summed E-state index contributed by atoms with van der Waals surface area (Å²) in [5.74, 6) is -0.137. The second kappa shape index (κ2) is 5.53. The summed E-state index contributed by atoms with van der Waals surface area (Å²) in [6, 6.07) is 13.8. The maximum atomic E-state index is 13.6. The predicted molar refractivity (Wildman–Crippen MR) is 74.6 cm³/mol. The van der Waals surface area contributed by atoms with E-state index in [1.165, 1.54) is 5.56 Å². The summed E-state index contributed by atoms with van der Waals surface area (Å²) < 4.78 is 13.6. The molecule has 0 aliphatic heterocycles. The molecule has 0 radical (unpaired) electrons. The van der Waals surface area contributed by atoms with Crippen molar-refractivity contribution in [3.05, 3.63) is 70.5 Å². The smallest absolute Gasteiger partial charge is 0.129 e. The Bertz CT molecular complexity index is 511. The zero-order chi connectivity index (χ0) is 13.1. The van der Waals surface area contributed by atoms with Crippen LogP contribution in [0.3, 0.4) is 0 Å². The molecule has 0 aliphatic carbocycles. The van der Waals surface area contributed by atoms with Gasteiger partial charge < -0.3 is 0 Å². The molecule has 2 rings (SSSR count). The van der Waals surface area contributed by atoms with E-state index in [0.29, 0.717) is 11.1 Å². The van der Waals surface area contributed by atoms with Crippen LogP contribution in [0.1, 0.15) is 27.6 Å². The van der Waals surface area contributed by atoms with Crippen molar-refractivity contribution < 1.29 is 4.39 Å². The molecule has 0 saturated heterocycles. The molecule has 0 heterocycles. The molecule has 0 fully saturated rings. The molecule has 2 heteroatoms. The van der Waals surface area contributed by atoms with Gasteiger partial charge in [0.05, 0.1) is 5.38 Å². The summed E-state index contributed by atoms with van der Waals surface area (Å²) in [6.07, 6.45) is 0.757. The Labute approximate surface area is 112 Å². The predicted octanol–water partition coefficient (Wildman–Crippen LogP) is 4.97. The number of halogens is 2. The van der Waals surface area contributed by atoms with Crippen molar-refractivity contribution in [2.45, 2.75) is 25.6 Å². The Kier molecular flexibility index (Phi) is 4.03. The van der Waals surface area contributed by atoms with E-state index >= 15 is 0 Å². The van der Waals surface area contributed by atoms with Gasteiger partial charge in [0.1, 0.15) is 5.82 Å². The minimum Gasteiger partial charge on any atom is -0.206 e. The molecular formula is C16H16ClF. The molecule has 0 N–H and O–H groups in total. The van der Waals surface area contributed by atoms with Crippen LogP contribution in [0.15, 0.2) is 42.5 Å². The quantitative estimate of drug-likeness (QED) is 0.686. The van der Waals surface area contributed by atoms with E-state index in [9.17, 15) is 4.39 Å². The van der Waals surface area contributed by atoms with Crippen molar-refractivity contribution in [3.8, 4) is 0 Å². The molecule has 94 valence electrons. The zero-order valence-electron chi connectivity index (χ0n) is 10.6. The summed E-state index contributed by atoms with van der Waals surface area (Å²) in [6.45, 7) is 3.55. The van der Waals surface area contributed by atoms with E-state index in [0.717, 1.165) is 12.0 Å². The molecule has 0 amide bonds. The summed E-state index contributed by atoms with van der Waals surface area (Å²) in [4.78, 5) is 0. The third-order valence-electron chi connectivity index (χ3n) is 3.08. The maximum Gasteiger partial charge on any atom is 0.129 e. The van der Waals surface area contributed by atoms with Gasteiger partial charge in [0.2, 0.25) is 0 Å². The van der Waals surface area contributed by atoms with Crippen molar-refractivity contribution in [2.24, 2.45) is 0 Å². The number of rotatable bonds is 3. The number of alkyl halides is 1.